The van der Waals surface area contributed by atoms with Crippen LogP contribution in [-0.4, -0.2) is 5.97 Å². The van der Waals surface area contributed by atoms with Gasteiger partial charge in [-0.25, -0.2) is 0 Å². The Hall–Kier alpha value is -3.13. The van der Waals surface area contributed by atoms with E-state index < -0.39 is 0 Å². The highest BCUT2D eigenvalue weighted by molar-refractivity contribution is 6.08. The SMILES string of the molecule is O=C(Cc1ccccc1)OCc1cc2ccccc2c2ccccc12. The summed E-state index contributed by atoms with van der Waals surface area (Å²) in [6.07, 6.45) is 0.298. The van der Waals surface area contributed by atoms with E-state index >= 15 is 0 Å². The molecule has 0 amide bonds. The Morgan fingerprint density at radius 1 is 0.720 bits per heavy atom. The second kappa shape index (κ2) is 6.78. The number of esters is 1. The molecule has 0 aliphatic carbocycles. The van der Waals surface area contributed by atoms with Gasteiger partial charge in [0.1, 0.15) is 6.61 Å². The van der Waals surface area contributed by atoms with Crippen molar-refractivity contribution in [1.82, 2.24) is 0 Å². The molecule has 0 aliphatic heterocycles. The van der Waals surface area contributed by atoms with Crippen LogP contribution < -0.4 is 0 Å². The normalized spacial score (nSPS) is 10.9. The first-order valence-corrected chi connectivity index (χ1v) is 8.40. The molecule has 0 aromatic heterocycles. The number of carbonyl (C=O) groups excluding carboxylic acids is 1. The van der Waals surface area contributed by atoms with E-state index in [0.29, 0.717) is 6.42 Å². The summed E-state index contributed by atoms with van der Waals surface area (Å²) in [7, 11) is 0. The predicted octanol–water partition coefficient (Wildman–Crippen LogP) is 5.28. The highest BCUT2D eigenvalue weighted by Gasteiger charge is 2.09. The summed E-state index contributed by atoms with van der Waals surface area (Å²) in [5, 5.41) is 4.70. The van der Waals surface area contributed by atoms with E-state index in [2.05, 4.69) is 30.3 Å². The van der Waals surface area contributed by atoms with Crippen molar-refractivity contribution >= 4 is 27.5 Å². The average molecular weight is 326 g/mol. The third-order valence-electron chi connectivity index (χ3n) is 4.43. The van der Waals surface area contributed by atoms with Crippen LogP contribution in [0, 0.1) is 0 Å². The monoisotopic (exact) mass is 326 g/mol. The molecule has 0 radical (unpaired) electrons. The van der Waals surface area contributed by atoms with E-state index in [9.17, 15) is 4.79 Å². The van der Waals surface area contributed by atoms with E-state index in [0.717, 1.165) is 21.9 Å². The highest BCUT2D eigenvalue weighted by atomic mass is 16.5. The molecule has 0 aliphatic rings. The Morgan fingerprint density at radius 2 is 1.36 bits per heavy atom. The lowest BCUT2D eigenvalue weighted by molar-refractivity contribution is -0.144. The Kier molecular flexibility index (Phi) is 4.17. The molecule has 4 aromatic carbocycles. The van der Waals surface area contributed by atoms with Gasteiger partial charge in [-0.1, -0.05) is 78.9 Å². The van der Waals surface area contributed by atoms with Gasteiger partial charge in [0.2, 0.25) is 0 Å². The minimum atomic E-state index is -0.205. The van der Waals surface area contributed by atoms with Crippen molar-refractivity contribution in [3.05, 3.63) is 96.1 Å². The molecule has 0 fully saturated rings. The molecule has 2 heteroatoms. The van der Waals surface area contributed by atoms with Gasteiger partial charge in [0.15, 0.2) is 0 Å². The maximum absolute atomic E-state index is 12.2. The molecule has 122 valence electrons. The second-order valence-electron chi connectivity index (χ2n) is 6.13. The van der Waals surface area contributed by atoms with Crippen LogP contribution in [0.15, 0.2) is 84.9 Å². The molecule has 0 unspecified atom stereocenters. The predicted molar refractivity (Wildman–Crippen MR) is 101 cm³/mol. The van der Waals surface area contributed by atoms with E-state index in [1.54, 1.807) is 0 Å². The van der Waals surface area contributed by atoms with Gasteiger partial charge in [-0.15, -0.1) is 0 Å². The molecule has 0 saturated heterocycles. The van der Waals surface area contributed by atoms with Crippen LogP contribution >= 0.6 is 0 Å². The maximum atomic E-state index is 12.2. The van der Waals surface area contributed by atoms with Crippen molar-refractivity contribution in [1.29, 1.82) is 0 Å². The molecule has 4 aromatic rings. The molecule has 0 N–H and O–H groups in total. The van der Waals surface area contributed by atoms with Crippen molar-refractivity contribution in [2.45, 2.75) is 13.0 Å². The standard InChI is InChI=1S/C23H18O2/c24-23(14-17-8-2-1-3-9-17)25-16-19-15-18-10-4-5-11-20(18)22-13-7-6-12-21(19)22/h1-13,15H,14,16H2. The van der Waals surface area contributed by atoms with Gasteiger partial charge in [-0.05, 0) is 38.7 Å². The summed E-state index contributed by atoms with van der Waals surface area (Å²) in [5.74, 6) is -0.205. The number of hydrogen-bond acceptors (Lipinski definition) is 2. The van der Waals surface area contributed by atoms with Gasteiger partial charge < -0.3 is 4.74 Å². The van der Waals surface area contributed by atoms with Gasteiger partial charge in [-0.2, -0.15) is 0 Å². The minimum Gasteiger partial charge on any atom is -0.461 e. The van der Waals surface area contributed by atoms with Gasteiger partial charge in [-0.3, -0.25) is 4.79 Å². The van der Waals surface area contributed by atoms with Crippen molar-refractivity contribution in [2.75, 3.05) is 0 Å². The van der Waals surface area contributed by atoms with Gasteiger partial charge in [0, 0.05) is 0 Å². The third kappa shape index (κ3) is 3.24. The van der Waals surface area contributed by atoms with Gasteiger partial charge in [0.05, 0.1) is 6.42 Å². The minimum absolute atomic E-state index is 0.205. The van der Waals surface area contributed by atoms with Crippen LogP contribution in [0.4, 0.5) is 0 Å². The summed E-state index contributed by atoms with van der Waals surface area (Å²) in [5.41, 5.74) is 2.01. The average Bonchev–Trinajstić information content (AvgIpc) is 2.67. The quantitative estimate of drug-likeness (QED) is 0.377. The molecule has 4 rings (SSSR count). The van der Waals surface area contributed by atoms with E-state index in [-0.39, 0.29) is 12.6 Å². The molecule has 25 heavy (non-hydrogen) atoms. The van der Waals surface area contributed by atoms with E-state index in [1.807, 2.05) is 54.6 Å². The lowest BCUT2D eigenvalue weighted by atomic mass is 9.98. The summed E-state index contributed by atoms with van der Waals surface area (Å²) in [4.78, 5) is 12.2. The smallest absolute Gasteiger partial charge is 0.310 e. The van der Waals surface area contributed by atoms with Crippen LogP contribution in [0.25, 0.3) is 21.5 Å². The lowest BCUT2D eigenvalue weighted by Gasteiger charge is -2.11. The summed E-state index contributed by atoms with van der Waals surface area (Å²) >= 11 is 0. The lowest BCUT2D eigenvalue weighted by Crippen LogP contribution is -2.08. The fraction of sp³-hybridized carbons (Fsp3) is 0.0870. The maximum Gasteiger partial charge on any atom is 0.310 e. The number of fused-ring (bicyclic) bond motifs is 3. The third-order valence-corrected chi connectivity index (χ3v) is 4.43. The molecule has 0 spiro atoms. The topological polar surface area (TPSA) is 26.3 Å². The van der Waals surface area contributed by atoms with Gasteiger partial charge >= 0.3 is 5.97 Å². The Balaban J connectivity index is 1.61. The first-order valence-electron chi connectivity index (χ1n) is 8.40. The molecule has 2 nitrogen and oxygen atoms in total. The number of ether oxygens (including phenoxy) is 1. The molecular formula is C23H18O2. The summed E-state index contributed by atoms with van der Waals surface area (Å²) < 4.78 is 5.55. The number of rotatable bonds is 4. The summed E-state index contributed by atoms with van der Waals surface area (Å²) in [6.45, 7) is 0.289. The Morgan fingerprint density at radius 3 is 2.16 bits per heavy atom. The van der Waals surface area contributed by atoms with Gasteiger partial charge in [0.25, 0.3) is 0 Å². The zero-order valence-corrected chi connectivity index (χ0v) is 13.8. The van der Waals surface area contributed by atoms with Crippen molar-refractivity contribution < 1.29 is 9.53 Å². The largest absolute Gasteiger partial charge is 0.461 e. The first-order chi connectivity index (χ1) is 12.3. The van der Waals surface area contributed by atoms with Crippen LogP contribution in [0.2, 0.25) is 0 Å². The van der Waals surface area contributed by atoms with Crippen LogP contribution in [0.3, 0.4) is 0 Å². The zero-order chi connectivity index (χ0) is 17.1. The summed E-state index contributed by atoms with van der Waals surface area (Å²) in [6, 6.07) is 28.4. The van der Waals surface area contributed by atoms with Crippen molar-refractivity contribution in [2.24, 2.45) is 0 Å². The number of hydrogen-bond donors (Lipinski definition) is 0. The second-order valence-corrected chi connectivity index (χ2v) is 6.13. The Bertz CT molecular complexity index is 1040. The Labute approximate surface area is 146 Å². The number of carbonyl (C=O) groups is 1. The number of benzene rings is 4. The van der Waals surface area contributed by atoms with Crippen molar-refractivity contribution in [3.63, 3.8) is 0 Å². The fourth-order valence-electron chi connectivity index (χ4n) is 3.22. The van der Waals surface area contributed by atoms with Crippen molar-refractivity contribution in [3.8, 4) is 0 Å². The van der Waals surface area contributed by atoms with E-state index in [1.165, 1.54) is 10.8 Å². The molecule has 0 heterocycles. The molecule has 0 bridgehead atoms. The van der Waals surface area contributed by atoms with E-state index in [4.69, 9.17) is 4.74 Å². The molecular weight excluding hydrogens is 308 g/mol. The molecule has 0 atom stereocenters. The zero-order valence-electron chi connectivity index (χ0n) is 13.8. The highest BCUT2D eigenvalue weighted by Crippen LogP contribution is 2.29. The van der Waals surface area contributed by atoms with Crippen LogP contribution in [-0.2, 0) is 22.6 Å². The molecule has 0 saturated carbocycles. The van der Waals surface area contributed by atoms with Crippen LogP contribution in [0.1, 0.15) is 11.1 Å². The first kappa shape index (κ1) is 15.4. The fourth-order valence-corrected chi connectivity index (χ4v) is 3.22. The van der Waals surface area contributed by atoms with Crippen LogP contribution in [0.5, 0.6) is 0 Å².